The predicted molar refractivity (Wildman–Crippen MR) is 79.0 cm³/mol. The third kappa shape index (κ3) is 2.67. The Kier molecular flexibility index (Phi) is 3.70. The van der Waals surface area contributed by atoms with Crippen molar-refractivity contribution in [2.24, 2.45) is 5.92 Å². The summed E-state index contributed by atoms with van der Waals surface area (Å²) in [4.78, 5) is 25.6. The summed E-state index contributed by atoms with van der Waals surface area (Å²) >= 11 is 0. The fraction of sp³-hybridized carbons (Fsp3) is 0.529. The predicted octanol–water partition coefficient (Wildman–Crippen LogP) is 2.56. The summed E-state index contributed by atoms with van der Waals surface area (Å²) in [6, 6.07) is 7.53. The van der Waals surface area contributed by atoms with Crippen LogP contribution in [0.1, 0.15) is 42.7 Å². The van der Waals surface area contributed by atoms with Crippen molar-refractivity contribution in [1.29, 1.82) is 0 Å². The smallest absolute Gasteiger partial charge is 0.326 e. The van der Waals surface area contributed by atoms with E-state index >= 15 is 0 Å². The molecule has 1 aromatic rings. The first-order chi connectivity index (χ1) is 10.1. The number of rotatable bonds is 3. The molecule has 21 heavy (non-hydrogen) atoms. The van der Waals surface area contributed by atoms with Crippen LogP contribution >= 0.6 is 0 Å². The Labute approximate surface area is 124 Å². The zero-order chi connectivity index (χ0) is 15.0. The highest BCUT2D eigenvalue weighted by atomic mass is 16.4. The van der Waals surface area contributed by atoms with E-state index in [4.69, 9.17) is 0 Å². The molecular weight excluding hydrogens is 266 g/mol. The van der Waals surface area contributed by atoms with Gasteiger partial charge in [0.05, 0.1) is 0 Å². The molecule has 0 aromatic heterocycles. The molecule has 3 atom stereocenters. The van der Waals surface area contributed by atoms with E-state index in [1.807, 2.05) is 12.1 Å². The minimum Gasteiger partial charge on any atom is -0.480 e. The number of carboxylic acids is 1. The number of aryl methyl sites for hydroxylation is 1. The summed E-state index contributed by atoms with van der Waals surface area (Å²) in [6.45, 7) is 2.66. The number of piperidine rings is 1. The Bertz CT molecular complexity index is 569. The number of carbonyl (C=O) groups is 2. The van der Waals surface area contributed by atoms with Crippen molar-refractivity contribution in [2.45, 2.75) is 44.6 Å². The van der Waals surface area contributed by atoms with Crippen LogP contribution in [0.5, 0.6) is 0 Å². The SMILES string of the molecule is Cc1ccccc1[C@@H]1C[C@@H]1C(=O)N1CCCC[C@@H]1C(=O)O. The minimum absolute atomic E-state index is 0.0222. The van der Waals surface area contributed by atoms with Crippen LogP contribution in [-0.2, 0) is 9.59 Å². The highest BCUT2D eigenvalue weighted by molar-refractivity contribution is 5.88. The number of amides is 1. The summed E-state index contributed by atoms with van der Waals surface area (Å²) < 4.78 is 0. The molecule has 1 amide bonds. The van der Waals surface area contributed by atoms with Gasteiger partial charge in [0, 0.05) is 12.5 Å². The largest absolute Gasteiger partial charge is 0.480 e. The maximum Gasteiger partial charge on any atom is 0.326 e. The maximum absolute atomic E-state index is 12.6. The van der Waals surface area contributed by atoms with Crippen molar-refractivity contribution in [2.75, 3.05) is 6.54 Å². The Morgan fingerprint density at radius 1 is 1.24 bits per heavy atom. The molecule has 4 nitrogen and oxygen atoms in total. The van der Waals surface area contributed by atoms with Crippen molar-refractivity contribution in [3.8, 4) is 0 Å². The van der Waals surface area contributed by atoms with Crippen LogP contribution < -0.4 is 0 Å². The quantitative estimate of drug-likeness (QED) is 0.929. The molecule has 1 saturated carbocycles. The van der Waals surface area contributed by atoms with Gasteiger partial charge in [-0.1, -0.05) is 24.3 Å². The van der Waals surface area contributed by atoms with Crippen LogP contribution in [0, 0.1) is 12.8 Å². The van der Waals surface area contributed by atoms with Gasteiger partial charge in [-0.15, -0.1) is 0 Å². The number of benzene rings is 1. The summed E-state index contributed by atoms with van der Waals surface area (Å²) in [5.41, 5.74) is 2.45. The van der Waals surface area contributed by atoms with Crippen LogP contribution in [-0.4, -0.2) is 34.5 Å². The van der Waals surface area contributed by atoms with Gasteiger partial charge in [0.25, 0.3) is 0 Å². The zero-order valence-electron chi connectivity index (χ0n) is 12.3. The highest BCUT2D eigenvalue weighted by Crippen LogP contribution is 2.49. The first kappa shape index (κ1) is 14.1. The fourth-order valence-corrected chi connectivity index (χ4v) is 3.48. The molecule has 0 spiro atoms. The Balaban J connectivity index is 1.72. The second-order valence-electron chi connectivity index (χ2n) is 6.19. The Morgan fingerprint density at radius 2 is 2.00 bits per heavy atom. The normalized spacial score (nSPS) is 28.2. The molecule has 112 valence electrons. The summed E-state index contributed by atoms with van der Waals surface area (Å²) in [5, 5.41) is 9.29. The molecule has 1 aliphatic carbocycles. The summed E-state index contributed by atoms with van der Waals surface area (Å²) in [7, 11) is 0. The van der Waals surface area contributed by atoms with E-state index in [1.165, 1.54) is 11.1 Å². The van der Waals surface area contributed by atoms with Gasteiger partial charge in [-0.2, -0.15) is 0 Å². The topological polar surface area (TPSA) is 57.6 Å². The molecule has 1 N–H and O–H groups in total. The lowest BCUT2D eigenvalue weighted by molar-refractivity contribution is -0.152. The third-order valence-electron chi connectivity index (χ3n) is 4.77. The first-order valence-corrected chi connectivity index (χ1v) is 7.68. The van der Waals surface area contributed by atoms with E-state index in [2.05, 4.69) is 19.1 Å². The monoisotopic (exact) mass is 287 g/mol. The van der Waals surface area contributed by atoms with Crippen LogP contribution in [0.15, 0.2) is 24.3 Å². The van der Waals surface area contributed by atoms with Gasteiger partial charge in [0.15, 0.2) is 0 Å². The number of nitrogens with zero attached hydrogens (tertiary/aromatic N) is 1. The molecule has 1 saturated heterocycles. The number of hydrogen-bond acceptors (Lipinski definition) is 2. The van der Waals surface area contributed by atoms with Crippen molar-refractivity contribution in [3.05, 3.63) is 35.4 Å². The molecule has 1 aliphatic heterocycles. The van der Waals surface area contributed by atoms with Crippen molar-refractivity contribution >= 4 is 11.9 Å². The Hall–Kier alpha value is -1.84. The number of carbonyl (C=O) groups excluding carboxylic acids is 1. The number of aliphatic carboxylic acids is 1. The highest BCUT2D eigenvalue weighted by Gasteiger charge is 2.48. The number of hydrogen-bond donors (Lipinski definition) is 1. The second-order valence-corrected chi connectivity index (χ2v) is 6.19. The van der Waals surface area contributed by atoms with Crippen LogP contribution in [0.4, 0.5) is 0 Å². The van der Waals surface area contributed by atoms with Gasteiger partial charge in [-0.3, -0.25) is 4.79 Å². The maximum atomic E-state index is 12.6. The van der Waals surface area contributed by atoms with E-state index in [9.17, 15) is 14.7 Å². The lowest BCUT2D eigenvalue weighted by Gasteiger charge is -2.33. The van der Waals surface area contributed by atoms with Gasteiger partial charge in [0.1, 0.15) is 6.04 Å². The number of likely N-dealkylation sites (tertiary alicyclic amines) is 1. The van der Waals surface area contributed by atoms with Gasteiger partial charge < -0.3 is 10.0 Å². The molecule has 1 aromatic carbocycles. The minimum atomic E-state index is -0.865. The van der Waals surface area contributed by atoms with E-state index in [1.54, 1.807) is 4.90 Å². The third-order valence-corrected chi connectivity index (χ3v) is 4.77. The lowest BCUT2D eigenvalue weighted by atomic mass is 10.00. The summed E-state index contributed by atoms with van der Waals surface area (Å²) in [6.07, 6.45) is 3.25. The first-order valence-electron chi connectivity index (χ1n) is 7.68. The van der Waals surface area contributed by atoms with Crippen LogP contribution in [0.2, 0.25) is 0 Å². The van der Waals surface area contributed by atoms with Crippen molar-refractivity contribution < 1.29 is 14.7 Å². The summed E-state index contributed by atoms with van der Waals surface area (Å²) in [5.74, 6) is -0.576. The van der Waals surface area contributed by atoms with Crippen molar-refractivity contribution in [1.82, 2.24) is 4.90 Å². The van der Waals surface area contributed by atoms with Crippen LogP contribution in [0.25, 0.3) is 0 Å². The van der Waals surface area contributed by atoms with E-state index in [0.29, 0.717) is 13.0 Å². The lowest BCUT2D eigenvalue weighted by Crippen LogP contribution is -2.48. The molecule has 1 heterocycles. The average molecular weight is 287 g/mol. The van der Waals surface area contributed by atoms with Gasteiger partial charge in [0.2, 0.25) is 5.91 Å². The molecule has 4 heteroatoms. The molecule has 3 rings (SSSR count). The van der Waals surface area contributed by atoms with Gasteiger partial charge in [-0.05, 0) is 49.7 Å². The van der Waals surface area contributed by atoms with Gasteiger partial charge >= 0.3 is 5.97 Å². The average Bonchev–Trinajstić information content (AvgIpc) is 3.27. The van der Waals surface area contributed by atoms with E-state index in [0.717, 1.165) is 19.3 Å². The zero-order valence-corrected chi connectivity index (χ0v) is 12.3. The standard InChI is InChI=1S/C17H21NO3/c1-11-6-2-3-7-12(11)13-10-14(13)16(19)18-9-5-4-8-15(18)17(20)21/h2-3,6-7,13-15H,4-5,8-10H2,1H3,(H,20,21)/t13-,14-,15+/m0/s1. The molecular formula is C17H21NO3. The Morgan fingerprint density at radius 3 is 2.71 bits per heavy atom. The number of carboxylic acid groups (broad SMARTS) is 1. The van der Waals surface area contributed by atoms with Crippen molar-refractivity contribution in [3.63, 3.8) is 0 Å². The molecule has 2 aliphatic rings. The molecule has 0 bridgehead atoms. The van der Waals surface area contributed by atoms with Gasteiger partial charge in [-0.25, -0.2) is 4.79 Å². The second kappa shape index (κ2) is 5.51. The molecule has 2 fully saturated rings. The van der Waals surface area contributed by atoms with E-state index in [-0.39, 0.29) is 17.7 Å². The fourth-order valence-electron chi connectivity index (χ4n) is 3.48. The molecule has 0 radical (unpaired) electrons. The van der Waals surface area contributed by atoms with E-state index < -0.39 is 12.0 Å². The van der Waals surface area contributed by atoms with Crippen LogP contribution in [0.3, 0.4) is 0 Å². The molecule has 0 unspecified atom stereocenters.